The van der Waals surface area contributed by atoms with E-state index in [-0.39, 0.29) is 5.91 Å². The SMILES string of the molecule is CN(Cc1ccco1)C(=O)CN(C)C1CCNCC1. The predicted molar refractivity (Wildman–Crippen MR) is 73.7 cm³/mol. The van der Waals surface area contributed by atoms with Crippen molar-refractivity contribution in [2.45, 2.75) is 25.4 Å². The summed E-state index contributed by atoms with van der Waals surface area (Å²) < 4.78 is 5.26. The quantitative estimate of drug-likeness (QED) is 0.860. The minimum absolute atomic E-state index is 0.137. The van der Waals surface area contributed by atoms with E-state index in [1.165, 1.54) is 0 Å². The molecule has 1 aromatic heterocycles. The first kappa shape index (κ1) is 14.1. The number of hydrogen-bond donors (Lipinski definition) is 1. The number of amides is 1. The molecule has 1 fully saturated rings. The van der Waals surface area contributed by atoms with Crippen LogP contribution < -0.4 is 5.32 Å². The van der Waals surface area contributed by atoms with Gasteiger partial charge in [-0.2, -0.15) is 0 Å². The van der Waals surface area contributed by atoms with E-state index in [9.17, 15) is 4.79 Å². The van der Waals surface area contributed by atoms with Crippen LogP contribution in [-0.2, 0) is 11.3 Å². The van der Waals surface area contributed by atoms with Crippen molar-refractivity contribution in [3.05, 3.63) is 24.2 Å². The summed E-state index contributed by atoms with van der Waals surface area (Å²) in [7, 11) is 3.86. The van der Waals surface area contributed by atoms with Gasteiger partial charge in [-0.1, -0.05) is 0 Å². The molecule has 2 heterocycles. The third-order valence-corrected chi connectivity index (χ3v) is 3.72. The van der Waals surface area contributed by atoms with Crippen molar-refractivity contribution in [3.63, 3.8) is 0 Å². The van der Waals surface area contributed by atoms with E-state index >= 15 is 0 Å². The highest BCUT2D eigenvalue weighted by Crippen LogP contribution is 2.10. The molecule has 0 bridgehead atoms. The predicted octanol–water partition coefficient (Wildman–Crippen LogP) is 0.922. The highest BCUT2D eigenvalue weighted by atomic mass is 16.3. The fraction of sp³-hybridized carbons (Fsp3) is 0.643. The van der Waals surface area contributed by atoms with Gasteiger partial charge < -0.3 is 14.6 Å². The zero-order chi connectivity index (χ0) is 13.7. The maximum absolute atomic E-state index is 12.1. The number of furan rings is 1. The molecule has 0 unspecified atom stereocenters. The topological polar surface area (TPSA) is 48.7 Å². The average Bonchev–Trinajstić information content (AvgIpc) is 2.92. The van der Waals surface area contributed by atoms with E-state index in [0.29, 0.717) is 19.1 Å². The van der Waals surface area contributed by atoms with Crippen LogP contribution in [0.25, 0.3) is 0 Å². The van der Waals surface area contributed by atoms with Gasteiger partial charge in [0.1, 0.15) is 5.76 Å². The average molecular weight is 265 g/mol. The molecule has 1 aliphatic heterocycles. The molecule has 1 N–H and O–H groups in total. The van der Waals surface area contributed by atoms with Gasteiger partial charge in [-0.3, -0.25) is 9.69 Å². The first-order valence-electron chi connectivity index (χ1n) is 6.84. The van der Waals surface area contributed by atoms with Gasteiger partial charge in [0.15, 0.2) is 0 Å². The molecule has 2 rings (SSSR count). The Morgan fingerprint density at radius 3 is 2.79 bits per heavy atom. The molecule has 0 aromatic carbocycles. The Morgan fingerprint density at radius 2 is 2.16 bits per heavy atom. The zero-order valence-electron chi connectivity index (χ0n) is 11.8. The van der Waals surface area contributed by atoms with E-state index in [1.807, 2.05) is 26.2 Å². The number of rotatable bonds is 5. The van der Waals surface area contributed by atoms with Crippen LogP contribution in [0.1, 0.15) is 18.6 Å². The van der Waals surface area contributed by atoms with Crippen molar-refractivity contribution in [1.29, 1.82) is 0 Å². The number of carbonyl (C=O) groups excluding carboxylic acids is 1. The fourth-order valence-corrected chi connectivity index (χ4v) is 2.44. The molecule has 1 saturated heterocycles. The lowest BCUT2D eigenvalue weighted by molar-refractivity contribution is -0.132. The normalized spacial score (nSPS) is 16.8. The number of likely N-dealkylation sites (N-methyl/N-ethyl adjacent to an activating group) is 2. The summed E-state index contributed by atoms with van der Waals surface area (Å²) in [6.45, 7) is 3.10. The lowest BCUT2D eigenvalue weighted by atomic mass is 10.1. The molecule has 1 amide bonds. The minimum Gasteiger partial charge on any atom is -0.467 e. The molecule has 0 spiro atoms. The Kier molecular flexibility index (Phi) is 4.99. The smallest absolute Gasteiger partial charge is 0.236 e. The fourth-order valence-electron chi connectivity index (χ4n) is 2.44. The zero-order valence-corrected chi connectivity index (χ0v) is 11.8. The summed E-state index contributed by atoms with van der Waals surface area (Å²) in [4.78, 5) is 16.0. The van der Waals surface area contributed by atoms with E-state index in [0.717, 1.165) is 31.7 Å². The van der Waals surface area contributed by atoms with Crippen LogP contribution in [0.3, 0.4) is 0 Å². The van der Waals surface area contributed by atoms with E-state index in [4.69, 9.17) is 4.42 Å². The first-order chi connectivity index (χ1) is 9.16. The van der Waals surface area contributed by atoms with Crippen LogP contribution in [0.2, 0.25) is 0 Å². The van der Waals surface area contributed by atoms with Gasteiger partial charge in [0.2, 0.25) is 5.91 Å². The van der Waals surface area contributed by atoms with Gasteiger partial charge in [0.05, 0.1) is 19.4 Å². The number of nitrogens with one attached hydrogen (secondary N) is 1. The number of piperidine rings is 1. The second-order valence-corrected chi connectivity index (χ2v) is 5.23. The van der Waals surface area contributed by atoms with Crippen molar-refractivity contribution in [1.82, 2.24) is 15.1 Å². The number of hydrogen-bond acceptors (Lipinski definition) is 4. The Morgan fingerprint density at radius 1 is 1.42 bits per heavy atom. The Hall–Kier alpha value is -1.33. The summed E-state index contributed by atoms with van der Waals surface area (Å²) in [5.41, 5.74) is 0. The third-order valence-electron chi connectivity index (χ3n) is 3.72. The molecule has 1 aliphatic rings. The Labute approximate surface area is 114 Å². The van der Waals surface area contributed by atoms with E-state index in [2.05, 4.69) is 10.2 Å². The maximum atomic E-state index is 12.1. The van der Waals surface area contributed by atoms with Gasteiger partial charge in [-0.15, -0.1) is 0 Å². The molecular weight excluding hydrogens is 242 g/mol. The van der Waals surface area contributed by atoms with Crippen molar-refractivity contribution < 1.29 is 9.21 Å². The van der Waals surface area contributed by atoms with Crippen molar-refractivity contribution in [3.8, 4) is 0 Å². The minimum atomic E-state index is 0.137. The van der Waals surface area contributed by atoms with Gasteiger partial charge in [-0.05, 0) is 45.1 Å². The van der Waals surface area contributed by atoms with Gasteiger partial charge >= 0.3 is 0 Å². The first-order valence-corrected chi connectivity index (χ1v) is 6.84. The largest absolute Gasteiger partial charge is 0.467 e. The van der Waals surface area contributed by atoms with Crippen LogP contribution in [0, 0.1) is 0 Å². The molecule has 106 valence electrons. The molecular formula is C14H23N3O2. The Bertz CT molecular complexity index is 385. The van der Waals surface area contributed by atoms with Gasteiger partial charge in [-0.25, -0.2) is 0 Å². The number of nitrogens with zero attached hydrogens (tertiary/aromatic N) is 2. The van der Waals surface area contributed by atoms with E-state index in [1.54, 1.807) is 11.2 Å². The summed E-state index contributed by atoms with van der Waals surface area (Å²) in [6, 6.07) is 4.25. The van der Waals surface area contributed by atoms with Crippen LogP contribution in [0.15, 0.2) is 22.8 Å². The highest BCUT2D eigenvalue weighted by Gasteiger charge is 2.21. The summed E-state index contributed by atoms with van der Waals surface area (Å²) in [6.07, 6.45) is 3.87. The highest BCUT2D eigenvalue weighted by molar-refractivity contribution is 5.77. The molecule has 1 aromatic rings. The molecule has 0 aliphatic carbocycles. The summed E-state index contributed by atoms with van der Waals surface area (Å²) in [5.74, 6) is 0.956. The van der Waals surface area contributed by atoms with Gasteiger partial charge in [0.25, 0.3) is 0 Å². The van der Waals surface area contributed by atoms with Crippen LogP contribution in [0.4, 0.5) is 0 Å². The molecule has 19 heavy (non-hydrogen) atoms. The Balaban J connectivity index is 1.79. The van der Waals surface area contributed by atoms with Crippen LogP contribution in [-0.4, -0.2) is 55.5 Å². The van der Waals surface area contributed by atoms with E-state index < -0.39 is 0 Å². The maximum Gasteiger partial charge on any atom is 0.236 e. The number of carbonyl (C=O) groups is 1. The molecule has 0 saturated carbocycles. The second-order valence-electron chi connectivity index (χ2n) is 5.23. The molecule has 0 radical (unpaired) electrons. The molecule has 5 heteroatoms. The monoisotopic (exact) mass is 265 g/mol. The van der Waals surface area contributed by atoms with Crippen molar-refractivity contribution >= 4 is 5.91 Å². The second kappa shape index (κ2) is 6.73. The molecule has 0 atom stereocenters. The molecule has 5 nitrogen and oxygen atoms in total. The van der Waals surface area contributed by atoms with Gasteiger partial charge in [0, 0.05) is 13.1 Å². The lowest BCUT2D eigenvalue weighted by Gasteiger charge is -2.32. The van der Waals surface area contributed by atoms with Crippen molar-refractivity contribution in [2.24, 2.45) is 0 Å². The third kappa shape index (κ3) is 4.08. The lowest BCUT2D eigenvalue weighted by Crippen LogP contribution is -2.45. The van der Waals surface area contributed by atoms with Crippen LogP contribution in [0.5, 0.6) is 0 Å². The standard InChI is InChI=1S/C14H23N3O2/c1-16(12-5-7-15-8-6-12)11-14(18)17(2)10-13-4-3-9-19-13/h3-4,9,12,15H,5-8,10-11H2,1-2H3. The summed E-state index contributed by atoms with van der Waals surface area (Å²) in [5, 5.41) is 3.34. The summed E-state index contributed by atoms with van der Waals surface area (Å²) >= 11 is 0. The van der Waals surface area contributed by atoms with Crippen molar-refractivity contribution in [2.75, 3.05) is 33.7 Å². The van der Waals surface area contributed by atoms with Crippen LogP contribution >= 0.6 is 0 Å².